The van der Waals surface area contributed by atoms with Gasteiger partial charge in [0, 0.05) is 12.6 Å². The number of ether oxygens (including phenoxy) is 3. The Morgan fingerprint density at radius 1 is 1.12 bits per heavy atom. The van der Waals surface area contributed by atoms with Gasteiger partial charge in [-0.3, -0.25) is 10.1 Å². The highest BCUT2D eigenvalue weighted by Crippen LogP contribution is 2.28. The highest BCUT2D eigenvalue weighted by Gasteiger charge is 2.31. The second-order valence-electron chi connectivity index (χ2n) is 9.91. The quantitative estimate of drug-likeness (QED) is 0.587. The van der Waals surface area contributed by atoms with Crippen molar-refractivity contribution in [2.75, 3.05) is 18.0 Å². The van der Waals surface area contributed by atoms with Crippen LogP contribution >= 0.6 is 15.9 Å². The molecule has 1 aliphatic rings. The van der Waals surface area contributed by atoms with Gasteiger partial charge in [-0.25, -0.2) is 14.5 Å². The Bertz CT molecular complexity index is 1020. The molecule has 0 spiro atoms. The van der Waals surface area contributed by atoms with E-state index in [0.717, 1.165) is 12.8 Å². The van der Waals surface area contributed by atoms with Gasteiger partial charge in [-0.05, 0) is 70.3 Å². The van der Waals surface area contributed by atoms with Crippen LogP contribution in [-0.4, -0.2) is 67.6 Å². The van der Waals surface area contributed by atoms with Crippen molar-refractivity contribution in [3.63, 3.8) is 0 Å². The Morgan fingerprint density at radius 2 is 1.82 bits per heavy atom. The lowest BCUT2D eigenvalue weighted by Gasteiger charge is -2.34. The zero-order valence-electron chi connectivity index (χ0n) is 20.3. The molecule has 0 bridgehead atoms. The number of H-pyrrole nitrogens is 1. The van der Waals surface area contributed by atoms with Crippen LogP contribution in [-0.2, 0) is 9.47 Å². The molecule has 2 aromatic rings. The number of piperidine rings is 1. The number of halogens is 1. The molecule has 1 aliphatic heterocycles. The molecule has 2 amide bonds. The first-order valence-electron chi connectivity index (χ1n) is 11.0. The zero-order chi connectivity index (χ0) is 25.1. The minimum atomic E-state index is -0.725. The second-order valence-corrected chi connectivity index (χ2v) is 10.8. The monoisotopic (exact) mass is 538 g/mol. The van der Waals surface area contributed by atoms with Gasteiger partial charge in [-0.2, -0.15) is 10.1 Å². The molecule has 34 heavy (non-hydrogen) atoms. The fourth-order valence-corrected chi connectivity index (χ4v) is 3.51. The van der Waals surface area contributed by atoms with Gasteiger partial charge in [0.15, 0.2) is 11.6 Å². The summed E-state index contributed by atoms with van der Waals surface area (Å²) in [5.74, 6) is 0.684. The normalized spacial score (nSPS) is 16.7. The van der Waals surface area contributed by atoms with E-state index in [9.17, 15) is 9.59 Å². The number of anilines is 2. The van der Waals surface area contributed by atoms with E-state index >= 15 is 0 Å². The van der Waals surface area contributed by atoms with Gasteiger partial charge in [0.1, 0.15) is 21.9 Å². The van der Waals surface area contributed by atoms with Crippen molar-refractivity contribution in [3.8, 4) is 5.88 Å². The maximum Gasteiger partial charge on any atom is 0.422 e. The van der Waals surface area contributed by atoms with Crippen molar-refractivity contribution < 1.29 is 23.8 Å². The lowest BCUT2D eigenvalue weighted by atomic mass is 10.1. The fourth-order valence-electron chi connectivity index (χ4n) is 3.22. The minimum absolute atomic E-state index is 0.186. The Balaban J connectivity index is 1.78. The number of amides is 2. The summed E-state index contributed by atoms with van der Waals surface area (Å²) in [6, 6.07) is 1.62. The van der Waals surface area contributed by atoms with Gasteiger partial charge in [0.25, 0.3) is 0 Å². The molecule has 2 aromatic heterocycles. The van der Waals surface area contributed by atoms with Crippen molar-refractivity contribution in [2.24, 2.45) is 0 Å². The van der Waals surface area contributed by atoms with Crippen molar-refractivity contribution >= 4 is 39.8 Å². The largest absolute Gasteiger partial charge is 0.471 e. The molecule has 0 radical (unpaired) electrons. The Morgan fingerprint density at radius 3 is 2.44 bits per heavy atom. The molecular weight excluding hydrogens is 508 g/mol. The van der Waals surface area contributed by atoms with Crippen LogP contribution in [0.5, 0.6) is 5.88 Å². The Hall–Kier alpha value is -2.89. The van der Waals surface area contributed by atoms with Crippen LogP contribution < -0.4 is 9.64 Å². The van der Waals surface area contributed by atoms with Crippen molar-refractivity contribution in [1.82, 2.24) is 25.1 Å². The molecule has 1 atom stereocenters. The summed E-state index contributed by atoms with van der Waals surface area (Å²) in [6.07, 6.45) is 3.07. The smallest absolute Gasteiger partial charge is 0.422 e. The van der Waals surface area contributed by atoms with E-state index in [1.54, 1.807) is 31.7 Å². The minimum Gasteiger partial charge on any atom is -0.471 e. The molecule has 1 N–H and O–H groups in total. The van der Waals surface area contributed by atoms with Crippen LogP contribution in [0, 0.1) is 0 Å². The third kappa shape index (κ3) is 7.31. The highest BCUT2D eigenvalue weighted by molar-refractivity contribution is 9.10. The molecule has 186 valence electrons. The van der Waals surface area contributed by atoms with Crippen molar-refractivity contribution in [3.05, 3.63) is 23.1 Å². The van der Waals surface area contributed by atoms with E-state index in [1.807, 2.05) is 20.8 Å². The lowest BCUT2D eigenvalue weighted by molar-refractivity contribution is 0.00715. The topological polar surface area (TPSA) is 123 Å². The van der Waals surface area contributed by atoms with Crippen LogP contribution in [0.3, 0.4) is 0 Å². The number of nitrogens with one attached hydrogen (secondary N) is 1. The average molecular weight is 539 g/mol. The second kappa shape index (κ2) is 10.2. The number of carbonyl (C=O) groups is 2. The predicted octanol–water partition coefficient (Wildman–Crippen LogP) is 4.81. The molecule has 3 rings (SSSR count). The summed E-state index contributed by atoms with van der Waals surface area (Å²) in [5.41, 5.74) is -1.30. The summed E-state index contributed by atoms with van der Waals surface area (Å²) in [5, 5.41) is 6.87. The molecule has 12 heteroatoms. The number of nitrogens with zero attached hydrogens (tertiary/aromatic N) is 5. The first-order chi connectivity index (χ1) is 15.8. The molecule has 0 aromatic carbocycles. The standard InChI is InChI=1S/C22H31BrN6O5/c1-21(2,3)33-19(30)28-9-7-8-14(13-28)32-18-12-24-11-17(25-18)29(16-10-15(23)26-27-16)20(31)34-22(4,5)6/h10-12,14H,7-9,13H2,1-6H3,(H,26,27)/t14-/m1/s1. The van der Waals surface area contributed by atoms with E-state index < -0.39 is 17.3 Å². The van der Waals surface area contributed by atoms with E-state index in [2.05, 4.69) is 36.1 Å². The van der Waals surface area contributed by atoms with E-state index in [0.29, 0.717) is 17.7 Å². The molecule has 0 saturated carbocycles. The summed E-state index contributed by atoms with van der Waals surface area (Å²) in [7, 11) is 0. The number of carbonyl (C=O) groups excluding carboxylic acids is 2. The van der Waals surface area contributed by atoms with Crippen molar-refractivity contribution in [1.29, 1.82) is 0 Å². The first-order valence-corrected chi connectivity index (χ1v) is 11.8. The molecule has 3 heterocycles. The SMILES string of the molecule is CC(C)(C)OC(=O)N1CCC[C@@H](Oc2cncc(N(C(=O)OC(C)(C)C)c3cc(Br)[nH]n3)n2)C1. The van der Waals surface area contributed by atoms with E-state index in [-0.39, 0.29) is 29.7 Å². The maximum absolute atomic E-state index is 13.0. The van der Waals surface area contributed by atoms with Crippen LogP contribution in [0.2, 0.25) is 0 Å². The van der Waals surface area contributed by atoms with Crippen LogP contribution in [0.4, 0.5) is 21.2 Å². The predicted molar refractivity (Wildman–Crippen MR) is 128 cm³/mol. The Labute approximate surface area is 207 Å². The van der Waals surface area contributed by atoms with Gasteiger partial charge in [0.2, 0.25) is 5.88 Å². The van der Waals surface area contributed by atoms with Crippen LogP contribution in [0.15, 0.2) is 23.1 Å². The van der Waals surface area contributed by atoms with E-state index in [1.165, 1.54) is 17.3 Å². The molecule has 0 aliphatic carbocycles. The number of rotatable bonds is 4. The number of hydrogen-bond acceptors (Lipinski definition) is 8. The summed E-state index contributed by atoms with van der Waals surface area (Å²) < 4.78 is 17.6. The van der Waals surface area contributed by atoms with Crippen LogP contribution in [0.25, 0.3) is 0 Å². The van der Waals surface area contributed by atoms with Gasteiger partial charge in [0.05, 0.1) is 18.9 Å². The molecule has 1 fully saturated rings. The number of aromatic nitrogens is 4. The third-order valence-electron chi connectivity index (χ3n) is 4.48. The van der Waals surface area contributed by atoms with Gasteiger partial charge < -0.3 is 19.1 Å². The fraction of sp³-hybridized carbons (Fsp3) is 0.591. The Kier molecular flexibility index (Phi) is 7.69. The van der Waals surface area contributed by atoms with Crippen molar-refractivity contribution in [2.45, 2.75) is 71.7 Å². The molecular formula is C22H31BrN6O5. The third-order valence-corrected chi connectivity index (χ3v) is 4.89. The number of aromatic amines is 1. The summed E-state index contributed by atoms with van der Waals surface area (Å²) in [6.45, 7) is 11.8. The van der Waals surface area contributed by atoms with Crippen LogP contribution in [0.1, 0.15) is 54.4 Å². The maximum atomic E-state index is 13.0. The summed E-state index contributed by atoms with van der Waals surface area (Å²) >= 11 is 3.30. The highest BCUT2D eigenvalue weighted by atomic mass is 79.9. The zero-order valence-corrected chi connectivity index (χ0v) is 21.9. The molecule has 11 nitrogen and oxygen atoms in total. The first kappa shape index (κ1) is 25.7. The number of likely N-dealkylation sites (tertiary alicyclic amines) is 1. The van der Waals surface area contributed by atoms with Gasteiger partial charge in [-0.1, -0.05) is 0 Å². The van der Waals surface area contributed by atoms with Gasteiger partial charge >= 0.3 is 12.2 Å². The molecule has 1 saturated heterocycles. The summed E-state index contributed by atoms with van der Waals surface area (Å²) in [4.78, 5) is 36.9. The van der Waals surface area contributed by atoms with E-state index in [4.69, 9.17) is 14.2 Å². The number of hydrogen-bond donors (Lipinski definition) is 1. The average Bonchev–Trinajstić information content (AvgIpc) is 3.11. The molecule has 0 unspecified atom stereocenters. The lowest BCUT2D eigenvalue weighted by Crippen LogP contribution is -2.46. The van der Waals surface area contributed by atoms with Gasteiger partial charge in [-0.15, -0.1) is 0 Å².